The van der Waals surface area contributed by atoms with Gasteiger partial charge in [-0.3, -0.25) is 0 Å². The van der Waals surface area contributed by atoms with Gasteiger partial charge in [-0.15, -0.1) is 0 Å². The van der Waals surface area contributed by atoms with Gasteiger partial charge in [-0.25, -0.2) is 4.79 Å². The van der Waals surface area contributed by atoms with E-state index in [9.17, 15) is 4.79 Å². The summed E-state index contributed by atoms with van der Waals surface area (Å²) < 4.78 is 4.97. The summed E-state index contributed by atoms with van der Waals surface area (Å²) in [5.41, 5.74) is 0.422. The molecular weight excluding hydrogens is 303 g/mol. The first-order valence-electron chi connectivity index (χ1n) is 5.78. The molecule has 0 saturated heterocycles. The highest BCUT2D eigenvalue weighted by molar-refractivity contribution is 6.35. The van der Waals surface area contributed by atoms with E-state index >= 15 is 0 Å². The predicted octanol–water partition coefficient (Wildman–Crippen LogP) is 3.57. The molecule has 2 aromatic rings. The number of hydrogen-bond donors (Lipinski definition) is 2. The van der Waals surface area contributed by atoms with E-state index in [1.165, 1.54) is 0 Å². The summed E-state index contributed by atoms with van der Waals surface area (Å²) in [5, 5.41) is 9.79. The van der Waals surface area contributed by atoms with Gasteiger partial charge in [-0.05, 0) is 32.0 Å². The van der Waals surface area contributed by atoms with Gasteiger partial charge >= 0.3 is 6.03 Å². The second kappa shape index (κ2) is 6.11. The van der Waals surface area contributed by atoms with Crippen LogP contribution in [0.25, 0.3) is 0 Å². The Morgan fingerprint density at radius 2 is 2.15 bits per heavy atom. The lowest BCUT2D eigenvalue weighted by atomic mass is 10.3. The number of nitrogens with zero attached hydrogens (tertiary/aromatic N) is 2. The molecule has 106 valence electrons. The fourth-order valence-corrected chi connectivity index (χ4v) is 1.84. The number of aryl methyl sites for hydroxylation is 1. The summed E-state index contributed by atoms with van der Waals surface area (Å²) in [4.78, 5) is 15.9. The molecule has 20 heavy (non-hydrogen) atoms. The molecule has 0 aliphatic carbocycles. The zero-order chi connectivity index (χ0) is 14.7. The van der Waals surface area contributed by atoms with E-state index < -0.39 is 12.1 Å². The number of rotatable bonds is 3. The summed E-state index contributed by atoms with van der Waals surface area (Å²) in [6.45, 7) is 3.43. The molecule has 1 atom stereocenters. The lowest BCUT2D eigenvalue weighted by Gasteiger charge is -2.12. The van der Waals surface area contributed by atoms with Gasteiger partial charge in [0.2, 0.25) is 5.89 Å². The van der Waals surface area contributed by atoms with E-state index in [1.54, 1.807) is 32.0 Å². The van der Waals surface area contributed by atoms with Crippen molar-refractivity contribution in [3.8, 4) is 0 Å². The van der Waals surface area contributed by atoms with Gasteiger partial charge in [0.1, 0.15) is 6.04 Å². The van der Waals surface area contributed by atoms with Crippen LogP contribution in [0, 0.1) is 6.92 Å². The first-order chi connectivity index (χ1) is 9.45. The molecule has 0 unspecified atom stereocenters. The first kappa shape index (κ1) is 14.6. The van der Waals surface area contributed by atoms with Crippen LogP contribution in [0.2, 0.25) is 10.0 Å². The number of amides is 2. The minimum Gasteiger partial charge on any atom is -0.337 e. The van der Waals surface area contributed by atoms with Gasteiger partial charge < -0.3 is 15.2 Å². The maximum atomic E-state index is 11.9. The van der Waals surface area contributed by atoms with Crippen molar-refractivity contribution in [1.82, 2.24) is 15.5 Å². The minimum absolute atomic E-state index is 0.329. The van der Waals surface area contributed by atoms with Gasteiger partial charge in [0.15, 0.2) is 5.82 Å². The molecule has 6 nitrogen and oxygen atoms in total. The van der Waals surface area contributed by atoms with Crippen molar-refractivity contribution in [1.29, 1.82) is 0 Å². The molecular formula is C12H12Cl2N4O2. The van der Waals surface area contributed by atoms with Crippen molar-refractivity contribution in [3.63, 3.8) is 0 Å². The monoisotopic (exact) mass is 314 g/mol. The maximum absolute atomic E-state index is 11.9. The predicted molar refractivity (Wildman–Crippen MR) is 76.1 cm³/mol. The zero-order valence-corrected chi connectivity index (χ0v) is 12.3. The quantitative estimate of drug-likeness (QED) is 0.907. The Hall–Kier alpha value is -1.79. The Morgan fingerprint density at radius 3 is 2.80 bits per heavy atom. The Kier molecular flexibility index (Phi) is 4.46. The number of benzene rings is 1. The molecule has 0 aliphatic heterocycles. The van der Waals surface area contributed by atoms with Gasteiger partial charge in [-0.1, -0.05) is 28.4 Å². The van der Waals surface area contributed by atoms with Crippen molar-refractivity contribution in [3.05, 3.63) is 40.0 Å². The molecule has 2 rings (SSSR count). The summed E-state index contributed by atoms with van der Waals surface area (Å²) in [6, 6.07) is 3.93. The molecule has 1 aromatic carbocycles. The molecule has 2 N–H and O–H groups in total. The number of halogens is 2. The van der Waals surface area contributed by atoms with Crippen molar-refractivity contribution >= 4 is 34.9 Å². The third-order valence-corrected chi connectivity index (χ3v) is 3.00. The van der Waals surface area contributed by atoms with Crippen molar-refractivity contribution < 1.29 is 9.32 Å². The Bertz CT molecular complexity index is 630. The van der Waals surface area contributed by atoms with Crippen LogP contribution in [0.5, 0.6) is 0 Å². The molecule has 1 heterocycles. The molecule has 0 saturated carbocycles. The Labute approximate surface area is 125 Å². The van der Waals surface area contributed by atoms with Crippen LogP contribution in [0.15, 0.2) is 22.7 Å². The molecule has 1 aromatic heterocycles. The van der Waals surface area contributed by atoms with Crippen LogP contribution in [0.4, 0.5) is 10.5 Å². The number of hydrogen-bond acceptors (Lipinski definition) is 4. The smallest absolute Gasteiger partial charge is 0.319 e. The Morgan fingerprint density at radius 1 is 1.40 bits per heavy atom. The SMILES string of the molecule is Cc1noc([C@@H](C)NC(=O)Nc2cc(Cl)ccc2Cl)n1. The summed E-state index contributed by atoms with van der Waals surface area (Å²) in [5.74, 6) is 0.835. The fourth-order valence-electron chi connectivity index (χ4n) is 1.50. The van der Waals surface area contributed by atoms with Gasteiger partial charge in [0, 0.05) is 5.02 Å². The van der Waals surface area contributed by atoms with Crippen LogP contribution >= 0.6 is 23.2 Å². The highest BCUT2D eigenvalue weighted by Gasteiger charge is 2.16. The van der Waals surface area contributed by atoms with Crippen molar-refractivity contribution in [2.45, 2.75) is 19.9 Å². The van der Waals surface area contributed by atoms with E-state index in [1.807, 2.05) is 0 Å². The number of carbonyl (C=O) groups excluding carboxylic acids is 1. The molecule has 0 aliphatic rings. The summed E-state index contributed by atoms with van der Waals surface area (Å²) in [6.07, 6.45) is 0. The number of nitrogens with one attached hydrogen (secondary N) is 2. The lowest BCUT2D eigenvalue weighted by Crippen LogP contribution is -2.31. The maximum Gasteiger partial charge on any atom is 0.319 e. The standard InChI is InChI=1S/C12H12Cl2N4O2/c1-6(11-16-7(2)18-20-11)15-12(19)17-10-5-8(13)3-4-9(10)14/h3-6H,1-2H3,(H2,15,17,19)/t6-/m1/s1. The third kappa shape index (κ3) is 3.61. The fraction of sp³-hybridized carbons (Fsp3) is 0.250. The number of anilines is 1. The van der Waals surface area contributed by atoms with Crippen molar-refractivity contribution in [2.24, 2.45) is 0 Å². The second-order valence-electron chi connectivity index (χ2n) is 4.12. The second-order valence-corrected chi connectivity index (χ2v) is 4.97. The van der Waals surface area contributed by atoms with Gasteiger partial charge in [0.05, 0.1) is 10.7 Å². The van der Waals surface area contributed by atoms with Crippen LogP contribution in [-0.2, 0) is 0 Å². The normalized spacial score (nSPS) is 12.0. The molecule has 0 bridgehead atoms. The van der Waals surface area contributed by atoms with Crippen LogP contribution in [0.3, 0.4) is 0 Å². The number of aromatic nitrogens is 2. The first-order valence-corrected chi connectivity index (χ1v) is 6.54. The largest absolute Gasteiger partial charge is 0.337 e. The van der Waals surface area contributed by atoms with E-state index in [0.717, 1.165) is 0 Å². The highest BCUT2D eigenvalue weighted by atomic mass is 35.5. The van der Waals surface area contributed by atoms with Crippen molar-refractivity contribution in [2.75, 3.05) is 5.32 Å². The molecule has 2 amide bonds. The van der Waals surface area contributed by atoms with E-state index in [0.29, 0.717) is 27.4 Å². The highest BCUT2D eigenvalue weighted by Crippen LogP contribution is 2.25. The average Bonchev–Trinajstić information content (AvgIpc) is 2.80. The van der Waals surface area contributed by atoms with Crippen LogP contribution in [-0.4, -0.2) is 16.2 Å². The third-order valence-electron chi connectivity index (χ3n) is 2.44. The molecule has 0 spiro atoms. The lowest BCUT2D eigenvalue weighted by molar-refractivity contribution is 0.245. The van der Waals surface area contributed by atoms with Crippen LogP contribution in [0.1, 0.15) is 24.7 Å². The molecule has 0 fully saturated rings. The topological polar surface area (TPSA) is 80.0 Å². The number of carbonyl (C=O) groups is 1. The summed E-state index contributed by atoms with van der Waals surface area (Å²) in [7, 11) is 0. The zero-order valence-electron chi connectivity index (χ0n) is 10.8. The van der Waals surface area contributed by atoms with Crippen LogP contribution < -0.4 is 10.6 Å². The summed E-state index contributed by atoms with van der Waals surface area (Å²) >= 11 is 11.8. The Balaban J connectivity index is 2.00. The van der Waals surface area contributed by atoms with E-state index in [-0.39, 0.29) is 0 Å². The van der Waals surface area contributed by atoms with Gasteiger partial charge in [0.25, 0.3) is 0 Å². The average molecular weight is 315 g/mol. The molecule has 8 heteroatoms. The molecule has 0 radical (unpaired) electrons. The number of urea groups is 1. The van der Waals surface area contributed by atoms with Gasteiger partial charge in [-0.2, -0.15) is 4.98 Å². The van der Waals surface area contributed by atoms with E-state index in [2.05, 4.69) is 20.8 Å². The minimum atomic E-state index is -0.447. The van der Waals surface area contributed by atoms with E-state index in [4.69, 9.17) is 27.7 Å².